The standard InChI is InChI=1S/C16H27N3/c1-13-6-8-14(9-7-13)16(11-17)19-10-4-5-15(12-19)18(2)3/h6-9,15-16H,4-5,10-12,17H2,1-3H3. The Morgan fingerprint density at radius 1 is 1.32 bits per heavy atom. The van der Waals surface area contributed by atoms with Crippen molar-refractivity contribution in [2.75, 3.05) is 33.7 Å². The largest absolute Gasteiger partial charge is 0.329 e. The summed E-state index contributed by atoms with van der Waals surface area (Å²) in [4.78, 5) is 4.90. The zero-order valence-corrected chi connectivity index (χ0v) is 12.5. The summed E-state index contributed by atoms with van der Waals surface area (Å²) in [5.41, 5.74) is 8.70. The quantitative estimate of drug-likeness (QED) is 0.900. The van der Waals surface area contributed by atoms with Gasteiger partial charge >= 0.3 is 0 Å². The minimum Gasteiger partial charge on any atom is -0.329 e. The van der Waals surface area contributed by atoms with Crippen molar-refractivity contribution in [2.24, 2.45) is 5.73 Å². The fourth-order valence-corrected chi connectivity index (χ4v) is 2.97. The Balaban J connectivity index is 2.10. The fourth-order valence-electron chi connectivity index (χ4n) is 2.97. The summed E-state index contributed by atoms with van der Waals surface area (Å²) >= 11 is 0. The summed E-state index contributed by atoms with van der Waals surface area (Å²) < 4.78 is 0. The lowest BCUT2D eigenvalue weighted by Gasteiger charge is -2.40. The zero-order valence-electron chi connectivity index (χ0n) is 12.5. The smallest absolute Gasteiger partial charge is 0.0471 e. The molecule has 0 bridgehead atoms. The molecule has 1 saturated heterocycles. The molecule has 3 nitrogen and oxygen atoms in total. The van der Waals surface area contributed by atoms with Crippen molar-refractivity contribution in [1.29, 1.82) is 0 Å². The van der Waals surface area contributed by atoms with Crippen LogP contribution in [-0.2, 0) is 0 Å². The summed E-state index contributed by atoms with van der Waals surface area (Å²) in [5, 5.41) is 0. The van der Waals surface area contributed by atoms with Crippen LogP contribution in [0.3, 0.4) is 0 Å². The van der Waals surface area contributed by atoms with E-state index in [0.29, 0.717) is 18.6 Å². The second-order valence-electron chi connectivity index (χ2n) is 5.92. The van der Waals surface area contributed by atoms with E-state index in [4.69, 9.17) is 5.73 Å². The number of benzene rings is 1. The lowest BCUT2D eigenvalue weighted by atomic mass is 9.98. The van der Waals surface area contributed by atoms with Crippen LogP contribution in [0.15, 0.2) is 24.3 Å². The Hall–Kier alpha value is -0.900. The van der Waals surface area contributed by atoms with Gasteiger partial charge in [-0.1, -0.05) is 29.8 Å². The molecule has 1 heterocycles. The minimum atomic E-state index is 0.364. The molecular formula is C16H27N3. The molecule has 2 atom stereocenters. The zero-order chi connectivity index (χ0) is 13.8. The van der Waals surface area contributed by atoms with Gasteiger partial charge in [0.1, 0.15) is 0 Å². The number of rotatable bonds is 4. The van der Waals surface area contributed by atoms with Crippen LogP contribution in [0.2, 0.25) is 0 Å². The van der Waals surface area contributed by atoms with Gasteiger partial charge in [0.05, 0.1) is 0 Å². The fraction of sp³-hybridized carbons (Fsp3) is 0.625. The predicted octanol–water partition coefficient (Wildman–Crippen LogP) is 2.02. The first-order valence-electron chi connectivity index (χ1n) is 7.29. The Morgan fingerprint density at radius 2 is 2.00 bits per heavy atom. The van der Waals surface area contributed by atoms with E-state index in [1.165, 1.54) is 30.5 Å². The molecule has 106 valence electrons. The average Bonchev–Trinajstić information content (AvgIpc) is 2.42. The van der Waals surface area contributed by atoms with Crippen LogP contribution in [0.5, 0.6) is 0 Å². The van der Waals surface area contributed by atoms with Gasteiger partial charge in [0.15, 0.2) is 0 Å². The number of likely N-dealkylation sites (tertiary alicyclic amines) is 1. The van der Waals surface area contributed by atoms with Crippen LogP contribution in [0.1, 0.15) is 30.0 Å². The number of nitrogens with zero attached hydrogens (tertiary/aromatic N) is 2. The second kappa shape index (κ2) is 6.51. The highest BCUT2D eigenvalue weighted by atomic mass is 15.2. The lowest BCUT2D eigenvalue weighted by molar-refractivity contribution is 0.0984. The van der Waals surface area contributed by atoms with Gasteiger partial charge in [0.2, 0.25) is 0 Å². The van der Waals surface area contributed by atoms with E-state index in [1.807, 2.05) is 0 Å². The molecule has 1 aliphatic heterocycles. The number of piperidine rings is 1. The number of nitrogens with two attached hydrogens (primary N) is 1. The van der Waals surface area contributed by atoms with Crippen LogP contribution in [0, 0.1) is 6.92 Å². The van der Waals surface area contributed by atoms with E-state index >= 15 is 0 Å². The van der Waals surface area contributed by atoms with Gasteiger partial charge in [-0.15, -0.1) is 0 Å². The van der Waals surface area contributed by atoms with Gasteiger partial charge in [0, 0.05) is 25.2 Å². The Kier molecular flexibility index (Phi) is 4.97. The maximum absolute atomic E-state index is 6.04. The van der Waals surface area contributed by atoms with Crippen LogP contribution in [-0.4, -0.2) is 49.6 Å². The first-order chi connectivity index (χ1) is 9.11. The van der Waals surface area contributed by atoms with E-state index in [9.17, 15) is 0 Å². The molecule has 1 fully saturated rings. The van der Waals surface area contributed by atoms with Crippen molar-refractivity contribution in [3.05, 3.63) is 35.4 Å². The third kappa shape index (κ3) is 3.56. The predicted molar refractivity (Wildman–Crippen MR) is 81.3 cm³/mol. The molecule has 1 aromatic rings. The second-order valence-corrected chi connectivity index (χ2v) is 5.92. The first-order valence-corrected chi connectivity index (χ1v) is 7.29. The molecule has 0 aliphatic carbocycles. The van der Waals surface area contributed by atoms with Gasteiger partial charge in [0.25, 0.3) is 0 Å². The van der Waals surface area contributed by atoms with E-state index in [0.717, 1.165) is 6.54 Å². The number of likely N-dealkylation sites (N-methyl/N-ethyl adjacent to an activating group) is 1. The van der Waals surface area contributed by atoms with Gasteiger partial charge in [-0.3, -0.25) is 4.90 Å². The van der Waals surface area contributed by atoms with Crippen molar-refractivity contribution in [1.82, 2.24) is 9.80 Å². The number of hydrogen-bond donors (Lipinski definition) is 1. The molecule has 0 radical (unpaired) electrons. The summed E-state index contributed by atoms with van der Waals surface area (Å²) in [6, 6.07) is 9.85. The highest BCUT2D eigenvalue weighted by molar-refractivity contribution is 5.24. The first kappa shape index (κ1) is 14.5. The summed E-state index contributed by atoms with van der Waals surface area (Å²) in [6.45, 7) is 5.12. The molecule has 0 spiro atoms. The summed E-state index contributed by atoms with van der Waals surface area (Å²) in [7, 11) is 4.36. The molecule has 2 unspecified atom stereocenters. The normalized spacial score (nSPS) is 22.7. The van der Waals surface area contributed by atoms with Crippen LogP contribution < -0.4 is 5.73 Å². The van der Waals surface area contributed by atoms with Crippen molar-refractivity contribution in [2.45, 2.75) is 31.8 Å². The topological polar surface area (TPSA) is 32.5 Å². The van der Waals surface area contributed by atoms with E-state index < -0.39 is 0 Å². The molecular weight excluding hydrogens is 234 g/mol. The molecule has 1 aliphatic rings. The highest BCUT2D eigenvalue weighted by Gasteiger charge is 2.26. The molecule has 2 rings (SSSR count). The van der Waals surface area contributed by atoms with Crippen LogP contribution in [0.25, 0.3) is 0 Å². The summed E-state index contributed by atoms with van der Waals surface area (Å²) in [5.74, 6) is 0. The van der Waals surface area contributed by atoms with Crippen LogP contribution >= 0.6 is 0 Å². The number of hydrogen-bond acceptors (Lipinski definition) is 3. The molecule has 0 saturated carbocycles. The van der Waals surface area contributed by atoms with Crippen molar-refractivity contribution < 1.29 is 0 Å². The molecule has 3 heteroatoms. The SMILES string of the molecule is Cc1ccc(C(CN)N2CCCC(N(C)C)C2)cc1. The van der Waals surface area contributed by atoms with E-state index in [2.05, 4.69) is 55.1 Å². The van der Waals surface area contributed by atoms with Gasteiger partial charge in [-0.05, 0) is 46.0 Å². The summed E-state index contributed by atoms with van der Waals surface area (Å²) in [6.07, 6.45) is 2.57. The Bertz CT molecular complexity index is 385. The lowest BCUT2D eigenvalue weighted by Crippen LogP contribution is -2.47. The maximum atomic E-state index is 6.04. The Morgan fingerprint density at radius 3 is 2.58 bits per heavy atom. The number of aryl methyl sites for hydroxylation is 1. The van der Waals surface area contributed by atoms with Gasteiger partial charge < -0.3 is 10.6 Å². The van der Waals surface area contributed by atoms with Crippen LogP contribution in [0.4, 0.5) is 0 Å². The van der Waals surface area contributed by atoms with Crippen molar-refractivity contribution in [3.8, 4) is 0 Å². The maximum Gasteiger partial charge on any atom is 0.0471 e. The van der Waals surface area contributed by atoms with Gasteiger partial charge in [-0.25, -0.2) is 0 Å². The van der Waals surface area contributed by atoms with E-state index in [-0.39, 0.29) is 0 Å². The molecule has 0 aromatic heterocycles. The third-order valence-electron chi connectivity index (χ3n) is 4.28. The average molecular weight is 261 g/mol. The molecule has 19 heavy (non-hydrogen) atoms. The monoisotopic (exact) mass is 261 g/mol. The van der Waals surface area contributed by atoms with Gasteiger partial charge in [-0.2, -0.15) is 0 Å². The molecule has 1 aromatic carbocycles. The minimum absolute atomic E-state index is 0.364. The highest BCUT2D eigenvalue weighted by Crippen LogP contribution is 2.25. The van der Waals surface area contributed by atoms with Crippen molar-refractivity contribution in [3.63, 3.8) is 0 Å². The van der Waals surface area contributed by atoms with E-state index in [1.54, 1.807) is 0 Å². The molecule has 0 amide bonds. The third-order valence-corrected chi connectivity index (χ3v) is 4.28. The molecule has 2 N–H and O–H groups in total. The Labute approximate surface area is 117 Å². The van der Waals surface area contributed by atoms with Crippen molar-refractivity contribution >= 4 is 0 Å².